The first-order valence-corrected chi connectivity index (χ1v) is 9.43. The number of piperazine rings is 1. The van der Waals surface area contributed by atoms with Crippen molar-refractivity contribution in [2.45, 2.75) is 26.3 Å². The molecule has 26 heavy (non-hydrogen) atoms. The number of carbonyl (C=O) groups is 2. The van der Waals surface area contributed by atoms with Crippen molar-refractivity contribution in [3.8, 4) is 5.75 Å². The minimum absolute atomic E-state index is 0.00589. The van der Waals surface area contributed by atoms with E-state index in [9.17, 15) is 9.59 Å². The maximum absolute atomic E-state index is 12.6. The number of para-hydroxylation sites is 2. The van der Waals surface area contributed by atoms with E-state index < -0.39 is 0 Å². The number of methoxy groups -OCH3 is 1. The molecule has 2 amide bonds. The van der Waals surface area contributed by atoms with Crippen LogP contribution in [0.5, 0.6) is 5.75 Å². The van der Waals surface area contributed by atoms with Gasteiger partial charge in [-0.3, -0.25) is 9.59 Å². The molecule has 0 radical (unpaired) electrons. The summed E-state index contributed by atoms with van der Waals surface area (Å²) in [6.07, 6.45) is 0.956. The number of benzene rings is 1. The standard InChI is InChI=1S/C19H30N4O3/c1-4-9-20-18(24)14-22-10-12-23(13-11-22)15(2)19(25)21-16-7-5-6-8-17(16)26-3/h5-8,15H,4,9-14H2,1-3H3,(H,20,24)(H,21,25)/p+2/t15-/m1/s1. The molecule has 1 heterocycles. The molecule has 7 nitrogen and oxygen atoms in total. The SMILES string of the molecule is CCCNC(=O)C[NH+]1CC[NH+]([C@H](C)C(=O)Nc2ccccc2OC)CC1. The molecule has 0 aromatic heterocycles. The summed E-state index contributed by atoms with van der Waals surface area (Å²) in [6.45, 7) is 8.85. The first kappa shape index (κ1) is 20.2. The Morgan fingerprint density at radius 3 is 2.54 bits per heavy atom. The van der Waals surface area contributed by atoms with E-state index in [-0.39, 0.29) is 17.9 Å². The molecule has 1 atom stereocenters. The van der Waals surface area contributed by atoms with Gasteiger partial charge in [-0.25, -0.2) is 0 Å². The van der Waals surface area contributed by atoms with Gasteiger partial charge in [-0.1, -0.05) is 19.1 Å². The smallest absolute Gasteiger partial charge is 0.282 e. The van der Waals surface area contributed by atoms with Gasteiger partial charge < -0.3 is 25.2 Å². The second-order valence-corrected chi connectivity index (χ2v) is 6.85. The van der Waals surface area contributed by atoms with Crippen LogP contribution in [0.1, 0.15) is 20.3 Å². The van der Waals surface area contributed by atoms with Gasteiger partial charge in [0.25, 0.3) is 11.8 Å². The van der Waals surface area contributed by atoms with E-state index in [4.69, 9.17) is 4.74 Å². The van der Waals surface area contributed by atoms with Gasteiger partial charge in [0.05, 0.1) is 12.8 Å². The van der Waals surface area contributed by atoms with Gasteiger partial charge in [0.1, 0.15) is 31.9 Å². The first-order valence-electron chi connectivity index (χ1n) is 9.43. The topological polar surface area (TPSA) is 76.3 Å². The predicted molar refractivity (Wildman–Crippen MR) is 101 cm³/mol. The zero-order valence-corrected chi connectivity index (χ0v) is 16.1. The molecule has 1 saturated heterocycles. The third-order valence-electron chi connectivity index (χ3n) is 4.95. The second-order valence-electron chi connectivity index (χ2n) is 6.85. The van der Waals surface area contributed by atoms with Crippen LogP contribution < -0.4 is 25.2 Å². The molecule has 1 aromatic carbocycles. The lowest BCUT2D eigenvalue weighted by atomic mass is 10.2. The molecule has 1 aliphatic heterocycles. The third-order valence-corrected chi connectivity index (χ3v) is 4.95. The minimum Gasteiger partial charge on any atom is -0.495 e. The number of hydrogen-bond acceptors (Lipinski definition) is 3. The van der Waals surface area contributed by atoms with Crippen LogP contribution in [0.25, 0.3) is 0 Å². The first-order chi connectivity index (χ1) is 12.5. The lowest BCUT2D eigenvalue weighted by molar-refractivity contribution is -1.01. The fraction of sp³-hybridized carbons (Fsp3) is 0.579. The lowest BCUT2D eigenvalue weighted by Gasteiger charge is -2.32. The minimum atomic E-state index is -0.143. The molecule has 1 fully saturated rings. The van der Waals surface area contributed by atoms with Crippen LogP contribution in [0, 0.1) is 0 Å². The average molecular weight is 364 g/mol. The molecule has 0 bridgehead atoms. The summed E-state index contributed by atoms with van der Waals surface area (Å²) in [5, 5.41) is 5.90. The quantitative estimate of drug-likeness (QED) is 0.446. The van der Waals surface area contributed by atoms with E-state index in [0.717, 1.165) is 39.1 Å². The third kappa shape index (κ3) is 5.71. The van der Waals surface area contributed by atoms with Crippen molar-refractivity contribution in [2.75, 3.05) is 51.7 Å². The molecule has 1 aliphatic rings. The van der Waals surface area contributed by atoms with Crippen LogP contribution in [0.2, 0.25) is 0 Å². The highest BCUT2D eigenvalue weighted by Crippen LogP contribution is 2.22. The van der Waals surface area contributed by atoms with Crippen LogP contribution in [0.3, 0.4) is 0 Å². The summed E-state index contributed by atoms with van der Waals surface area (Å²) in [7, 11) is 1.60. The van der Waals surface area contributed by atoms with E-state index in [1.54, 1.807) is 7.11 Å². The number of rotatable bonds is 8. The molecule has 2 rings (SSSR count). The van der Waals surface area contributed by atoms with Crippen molar-refractivity contribution in [3.05, 3.63) is 24.3 Å². The Morgan fingerprint density at radius 1 is 1.19 bits per heavy atom. The molecular formula is C19H32N4O3+2. The van der Waals surface area contributed by atoms with Crippen molar-refractivity contribution in [1.82, 2.24) is 5.32 Å². The molecule has 4 N–H and O–H groups in total. The molecule has 7 heteroatoms. The molecule has 0 unspecified atom stereocenters. The van der Waals surface area contributed by atoms with Crippen LogP contribution in [-0.4, -0.2) is 64.2 Å². The van der Waals surface area contributed by atoms with Gasteiger partial charge in [0, 0.05) is 6.54 Å². The lowest BCUT2D eigenvalue weighted by Crippen LogP contribution is -3.30. The molecule has 1 aromatic rings. The zero-order valence-electron chi connectivity index (χ0n) is 16.1. The molecule has 0 spiro atoms. The second kappa shape index (κ2) is 10.1. The van der Waals surface area contributed by atoms with E-state index in [2.05, 4.69) is 10.6 Å². The van der Waals surface area contributed by atoms with Gasteiger partial charge >= 0.3 is 0 Å². The van der Waals surface area contributed by atoms with Gasteiger partial charge in [-0.15, -0.1) is 0 Å². The van der Waals surface area contributed by atoms with Crippen molar-refractivity contribution < 1.29 is 24.1 Å². The van der Waals surface area contributed by atoms with Crippen molar-refractivity contribution in [2.24, 2.45) is 0 Å². The summed E-state index contributed by atoms with van der Waals surface area (Å²) in [5.41, 5.74) is 0.697. The van der Waals surface area contributed by atoms with Crippen LogP contribution in [0.15, 0.2) is 24.3 Å². The zero-order chi connectivity index (χ0) is 18.9. The number of nitrogens with one attached hydrogen (secondary N) is 4. The van der Waals surface area contributed by atoms with Crippen LogP contribution >= 0.6 is 0 Å². The number of anilines is 1. The molecular weight excluding hydrogens is 332 g/mol. The normalized spacial score (nSPS) is 20.9. The Kier molecular flexibility index (Phi) is 7.87. The average Bonchev–Trinajstić information content (AvgIpc) is 2.66. The van der Waals surface area contributed by atoms with E-state index in [1.807, 2.05) is 38.1 Å². The fourth-order valence-corrected chi connectivity index (χ4v) is 3.26. The fourth-order valence-electron chi connectivity index (χ4n) is 3.26. The monoisotopic (exact) mass is 364 g/mol. The highest BCUT2D eigenvalue weighted by atomic mass is 16.5. The van der Waals surface area contributed by atoms with Crippen LogP contribution in [-0.2, 0) is 9.59 Å². The predicted octanol–water partition coefficient (Wildman–Crippen LogP) is -1.67. The maximum Gasteiger partial charge on any atom is 0.282 e. The highest BCUT2D eigenvalue weighted by molar-refractivity contribution is 5.94. The van der Waals surface area contributed by atoms with E-state index >= 15 is 0 Å². The van der Waals surface area contributed by atoms with Gasteiger partial charge in [-0.2, -0.15) is 0 Å². The molecule has 0 aliphatic carbocycles. The van der Waals surface area contributed by atoms with E-state index in [1.165, 1.54) is 9.80 Å². The Labute approximate surface area is 155 Å². The Balaban J connectivity index is 1.81. The number of ether oxygens (including phenoxy) is 1. The van der Waals surface area contributed by atoms with Crippen LogP contribution in [0.4, 0.5) is 5.69 Å². The van der Waals surface area contributed by atoms with Crippen molar-refractivity contribution in [3.63, 3.8) is 0 Å². The van der Waals surface area contributed by atoms with Crippen molar-refractivity contribution >= 4 is 17.5 Å². The largest absolute Gasteiger partial charge is 0.495 e. The Bertz CT molecular complexity index is 600. The summed E-state index contributed by atoms with van der Waals surface area (Å²) in [5.74, 6) is 0.774. The summed E-state index contributed by atoms with van der Waals surface area (Å²) in [6, 6.07) is 7.29. The van der Waals surface area contributed by atoms with Crippen molar-refractivity contribution in [1.29, 1.82) is 0 Å². The van der Waals surface area contributed by atoms with Gasteiger partial charge in [-0.05, 0) is 25.5 Å². The summed E-state index contributed by atoms with van der Waals surface area (Å²) < 4.78 is 5.29. The Morgan fingerprint density at radius 2 is 1.88 bits per heavy atom. The highest BCUT2D eigenvalue weighted by Gasteiger charge is 2.32. The number of hydrogen-bond donors (Lipinski definition) is 4. The maximum atomic E-state index is 12.6. The number of quaternary nitrogens is 2. The van der Waals surface area contributed by atoms with Gasteiger partial charge in [0.15, 0.2) is 12.6 Å². The molecule has 0 saturated carbocycles. The summed E-state index contributed by atoms with van der Waals surface area (Å²) in [4.78, 5) is 27.0. The van der Waals surface area contributed by atoms with Gasteiger partial charge in [0.2, 0.25) is 0 Å². The van der Waals surface area contributed by atoms with E-state index in [0.29, 0.717) is 18.0 Å². The Hall–Kier alpha value is -2.12. The molecule has 144 valence electrons. The number of carbonyl (C=O) groups excluding carboxylic acids is 2. The summed E-state index contributed by atoms with van der Waals surface area (Å²) >= 11 is 0. The number of amides is 2.